The van der Waals surface area contributed by atoms with E-state index in [0.29, 0.717) is 30.1 Å². The molecule has 25 heavy (non-hydrogen) atoms. The summed E-state index contributed by atoms with van der Waals surface area (Å²) in [7, 11) is 0. The first kappa shape index (κ1) is 17.1. The molecule has 1 amide bonds. The summed E-state index contributed by atoms with van der Waals surface area (Å²) in [6.45, 7) is 0.891. The van der Waals surface area contributed by atoms with Crippen LogP contribution in [0, 0.1) is 4.91 Å². The highest BCUT2D eigenvalue weighted by Crippen LogP contribution is 2.32. The Morgan fingerprint density at radius 1 is 0.960 bits per heavy atom. The van der Waals surface area contributed by atoms with Gasteiger partial charge in [-0.2, -0.15) is 5.06 Å². The zero-order valence-corrected chi connectivity index (χ0v) is 13.8. The van der Waals surface area contributed by atoms with Crippen molar-refractivity contribution in [1.29, 1.82) is 0 Å². The van der Waals surface area contributed by atoms with Crippen LogP contribution in [0.4, 0.5) is 0 Å². The molecule has 1 aliphatic heterocycles. The number of carbonyl (C=O) groups excluding carboxylic acids is 1. The van der Waals surface area contributed by atoms with Crippen molar-refractivity contribution in [2.24, 2.45) is 5.18 Å². The Morgan fingerprint density at radius 2 is 1.68 bits per heavy atom. The predicted octanol–water partition coefficient (Wildman–Crippen LogP) is 4.09. The van der Waals surface area contributed by atoms with Crippen molar-refractivity contribution in [3.63, 3.8) is 0 Å². The van der Waals surface area contributed by atoms with Gasteiger partial charge in [-0.1, -0.05) is 36.4 Å². The highest BCUT2D eigenvalue weighted by molar-refractivity contribution is 5.93. The molecule has 1 heterocycles. The average Bonchev–Trinajstić information content (AvgIpc) is 2.71. The maximum Gasteiger partial charge on any atom is 0.279 e. The fourth-order valence-corrected chi connectivity index (χ4v) is 2.73. The van der Waals surface area contributed by atoms with E-state index in [2.05, 4.69) is 5.18 Å². The van der Waals surface area contributed by atoms with Crippen LogP contribution in [0.3, 0.4) is 0 Å². The average molecular weight is 340 g/mol. The van der Waals surface area contributed by atoms with Crippen molar-refractivity contribution >= 4 is 5.91 Å². The number of benzene rings is 2. The van der Waals surface area contributed by atoms with Crippen LogP contribution in [0.15, 0.2) is 59.8 Å². The molecule has 130 valence electrons. The largest absolute Gasteiger partial charge is 0.493 e. The standard InChI is InChI=1S/C19H20N2O4/c22-19(15-9-3-1-4-10-15)21-18(20-23)16-11-5-6-12-17(16)24-13-7-2-8-14-25-21/h1,3-6,9-12,18H,2,7-8,13-14H2. The minimum atomic E-state index is -1.11. The highest BCUT2D eigenvalue weighted by Gasteiger charge is 2.31. The molecule has 0 saturated heterocycles. The van der Waals surface area contributed by atoms with E-state index >= 15 is 0 Å². The molecule has 1 aliphatic rings. The van der Waals surface area contributed by atoms with Crippen molar-refractivity contribution in [2.75, 3.05) is 13.2 Å². The second-order valence-electron chi connectivity index (χ2n) is 5.76. The van der Waals surface area contributed by atoms with Crippen molar-refractivity contribution in [1.82, 2.24) is 5.06 Å². The molecule has 0 spiro atoms. The van der Waals surface area contributed by atoms with Crippen LogP contribution in [0.2, 0.25) is 0 Å². The van der Waals surface area contributed by atoms with Gasteiger partial charge in [-0.05, 0) is 42.6 Å². The number of hydrogen-bond donors (Lipinski definition) is 0. The molecule has 2 aromatic carbocycles. The van der Waals surface area contributed by atoms with E-state index in [0.717, 1.165) is 24.3 Å². The summed E-state index contributed by atoms with van der Waals surface area (Å²) < 4.78 is 5.79. The second kappa shape index (κ2) is 8.39. The number of rotatable bonds is 2. The van der Waals surface area contributed by atoms with Crippen LogP contribution in [0.25, 0.3) is 0 Å². The second-order valence-corrected chi connectivity index (χ2v) is 5.76. The molecule has 1 unspecified atom stereocenters. The van der Waals surface area contributed by atoms with Gasteiger partial charge in [-0.3, -0.25) is 9.63 Å². The summed E-state index contributed by atoms with van der Waals surface area (Å²) in [5.74, 6) is 0.141. The van der Waals surface area contributed by atoms with E-state index < -0.39 is 12.1 Å². The quantitative estimate of drug-likeness (QED) is 0.772. The van der Waals surface area contributed by atoms with E-state index in [1.165, 1.54) is 0 Å². The van der Waals surface area contributed by atoms with Crippen LogP contribution in [-0.4, -0.2) is 24.2 Å². The molecule has 0 aliphatic carbocycles. The summed E-state index contributed by atoms with van der Waals surface area (Å²) in [5.41, 5.74) is 0.952. The molecular weight excluding hydrogens is 320 g/mol. The summed E-state index contributed by atoms with van der Waals surface area (Å²) in [6, 6.07) is 15.8. The monoisotopic (exact) mass is 340 g/mol. The lowest BCUT2D eigenvalue weighted by Crippen LogP contribution is -2.34. The van der Waals surface area contributed by atoms with Gasteiger partial charge < -0.3 is 4.74 Å². The molecular formula is C19H20N2O4. The van der Waals surface area contributed by atoms with Crippen molar-refractivity contribution < 1.29 is 14.4 Å². The zero-order chi connectivity index (χ0) is 17.5. The number of hydrogen-bond acceptors (Lipinski definition) is 5. The molecule has 3 rings (SSSR count). The van der Waals surface area contributed by atoms with Crippen molar-refractivity contribution in [2.45, 2.75) is 25.4 Å². The SMILES string of the molecule is O=NC1c2ccccc2OCCCCCON1C(=O)c1ccccc1. The third-order valence-electron chi connectivity index (χ3n) is 4.02. The van der Waals surface area contributed by atoms with Crippen LogP contribution >= 0.6 is 0 Å². The molecule has 0 aromatic heterocycles. The number of nitroso groups, excluding NO2 is 1. The molecule has 6 heteroatoms. The number of hydroxylamine groups is 2. The lowest BCUT2D eigenvalue weighted by atomic mass is 10.1. The Balaban J connectivity index is 1.99. The molecule has 0 N–H and O–H groups in total. The predicted molar refractivity (Wildman–Crippen MR) is 92.9 cm³/mol. The van der Waals surface area contributed by atoms with Crippen molar-refractivity contribution in [3.05, 3.63) is 70.6 Å². The van der Waals surface area contributed by atoms with Crippen molar-refractivity contribution in [3.8, 4) is 5.75 Å². The van der Waals surface area contributed by atoms with E-state index in [1.54, 1.807) is 42.5 Å². The molecule has 2 aromatic rings. The number of nitrogens with zero attached hydrogens (tertiary/aromatic N) is 2. The Labute approximate surface area is 146 Å². The number of amides is 1. The molecule has 0 fully saturated rings. The molecule has 1 atom stereocenters. The van der Waals surface area contributed by atoms with Crippen LogP contribution in [0.5, 0.6) is 5.75 Å². The summed E-state index contributed by atoms with van der Waals surface area (Å²) in [6.07, 6.45) is 1.45. The third-order valence-corrected chi connectivity index (χ3v) is 4.02. The third kappa shape index (κ3) is 4.03. The number of fused-ring (bicyclic) bond motifs is 1. The fraction of sp³-hybridized carbons (Fsp3) is 0.316. The Bertz CT molecular complexity index is 720. The Hall–Kier alpha value is -2.73. The fourth-order valence-electron chi connectivity index (χ4n) is 2.73. The van der Waals surface area contributed by atoms with Crippen LogP contribution in [0.1, 0.15) is 41.3 Å². The first-order chi connectivity index (χ1) is 12.3. The highest BCUT2D eigenvalue weighted by atomic mass is 16.7. The Morgan fingerprint density at radius 3 is 2.48 bits per heavy atom. The summed E-state index contributed by atoms with van der Waals surface area (Å²) >= 11 is 0. The van der Waals surface area contributed by atoms with E-state index in [1.807, 2.05) is 12.1 Å². The number of carbonyl (C=O) groups is 1. The van der Waals surface area contributed by atoms with Gasteiger partial charge in [-0.25, -0.2) is 0 Å². The molecule has 0 radical (unpaired) electrons. The minimum absolute atomic E-state index is 0.340. The lowest BCUT2D eigenvalue weighted by molar-refractivity contribution is -0.150. The topological polar surface area (TPSA) is 68.2 Å². The molecule has 0 saturated carbocycles. The van der Waals surface area contributed by atoms with Gasteiger partial charge in [0.15, 0.2) is 0 Å². The van der Waals surface area contributed by atoms with Gasteiger partial charge in [0.05, 0.1) is 13.2 Å². The van der Waals surface area contributed by atoms with E-state index in [9.17, 15) is 9.70 Å². The summed E-state index contributed by atoms with van der Waals surface area (Å²) in [5, 5.41) is 4.24. The summed E-state index contributed by atoms with van der Waals surface area (Å²) in [4.78, 5) is 30.2. The van der Waals surface area contributed by atoms with Gasteiger partial charge in [-0.15, -0.1) is 4.91 Å². The van der Waals surface area contributed by atoms with E-state index in [-0.39, 0.29) is 0 Å². The maximum atomic E-state index is 12.9. The van der Waals surface area contributed by atoms with Gasteiger partial charge in [0.1, 0.15) is 5.75 Å². The number of ether oxygens (including phenoxy) is 1. The van der Waals surface area contributed by atoms with Gasteiger partial charge >= 0.3 is 0 Å². The molecule has 0 bridgehead atoms. The molecule has 6 nitrogen and oxygen atoms in total. The number of para-hydroxylation sites is 1. The van der Waals surface area contributed by atoms with Gasteiger partial charge in [0.25, 0.3) is 5.91 Å². The van der Waals surface area contributed by atoms with Crippen LogP contribution < -0.4 is 4.74 Å². The smallest absolute Gasteiger partial charge is 0.279 e. The van der Waals surface area contributed by atoms with Crippen LogP contribution in [-0.2, 0) is 4.84 Å². The first-order valence-corrected chi connectivity index (χ1v) is 8.37. The zero-order valence-electron chi connectivity index (χ0n) is 13.8. The normalized spacial score (nSPS) is 18.4. The minimum Gasteiger partial charge on any atom is -0.493 e. The lowest BCUT2D eigenvalue weighted by Gasteiger charge is -2.27. The Kier molecular flexibility index (Phi) is 5.74. The van der Waals surface area contributed by atoms with Gasteiger partial charge in [0.2, 0.25) is 6.17 Å². The maximum absolute atomic E-state index is 12.9. The first-order valence-electron chi connectivity index (χ1n) is 8.37. The van der Waals surface area contributed by atoms with Gasteiger partial charge in [0, 0.05) is 11.1 Å². The van der Waals surface area contributed by atoms with E-state index in [4.69, 9.17) is 9.57 Å².